The summed E-state index contributed by atoms with van der Waals surface area (Å²) in [5.74, 6) is 0.799. The maximum absolute atomic E-state index is 12.6. The summed E-state index contributed by atoms with van der Waals surface area (Å²) in [5.41, 5.74) is 4.20. The van der Waals surface area contributed by atoms with Crippen molar-refractivity contribution in [3.05, 3.63) is 82.9 Å². The zero-order valence-electron chi connectivity index (χ0n) is 21.4. The minimum atomic E-state index is -3.77. The van der Waals surface area contributed by atoms with E-state index in [0.29, 0.717) is 47.7 Å². The van der Waals surface area contributed by atoms with Crippen LogP contribution in [0.3, 0.4) is 0 Å². The van der Waals surface area contributed by atoms with E-state index in [4.69, 9.17) is 25.8 Å². The number of rotatable bonds is 13. The minimum absolute atomic E-state index is 0.269. The van der Waals surface area contributed by atoms with Gasteiger partial charge in [-0.15, -0.1) is 0 Å². The third-order valence-corrected chi connectivity index (χ3v) is 6.44. The molecule has 38 heavy (non-hydrogen) atoms. The molecule has 3 rings (SSSR count). The average Bonchev–Trinajstić information content (AvgIpc) is 2.87. The van der Waals surface area contributed by atoms with Gasteiger partial charge in [0.05, 0.1) is 31.4 Å². The lowest BCUT2D eigenvalue weighted by Crippen LogP contribution is -2.39. The van der Waals surface area contributed by atoms with Gasteiger partial charge in [0.1, 0.15) is 18.9 Å². The van der Waals surface area contributed by atoms with Crippen LogP contribution in [0.15, 0.2) is 71.8 Å². The molecule has 1 N–H and O–H groups in total. The Hall–Kier alpha value is -3.76. The topological polar surface area (TPSA) is 107 Å². The number of hydrogen-bond acceptors (Lipinski definition) is 7. The Bertz CT molecular complexity index is 1380. The van der Waals surface area contributed by atoms with Gasteiger partial charge in [0.2, 0.25) is 10.0 Å². The van der Waals surface area contributed by atoms with Gasteiger partial charge in [0.25, 0.3) is 5.91 Å². The van der Waals surface area contributed by atoms with Gasteiger partial charge in [-0.05, 0) is 67.4 Å². The smallest absolute Gasteiger partial charge is 0.260 e. The fourth-order valence-electron chi connectivity index (χ4n) is 3.45. The number of hydrogen-bond donors (Lipinski definition) is 1. The predicted molar refractivity (Wildman–Crippen MR) is 149 cm³/mol. The van der Waals surface area contributed by atoms with Crippen molar-refractivity contribution >= 4 is 39.4 Å². The molecule has 0 fully saturated rings. The summed E-state index contributed by atoms with van der Waals surface area (Å²) in [7, 11) is -3.77. The molecule has 0 aliphatic rings. The lowest BCUT2D eigenvalue weighted by molar-refractivity contribution is -0.119. The molecule has 0 radical (unpaired) electrons. The maximum atomic E-state index is 12.6. The van der Waals surface area contributed by atoms with Gasteiger partial charge >= 0.3 is 0 Å². The molecule has 1 amide bonds. The highest BCUT2D eigenvalue weighted by Crippen LogP contribution is 2.30. The standard InChI is InChI=1S/C27H30ClN3O6S/c1-4-35-24-12-7-6-11-23(24)31(38(3,33)34)18-27(32)30-29-17-20-13-14-25(26(16-20)36-5-2)37-19-21-9-8-10-22(28)15-21/h6-17H,4-5,18-19H2,1-3H3,(H,30,32)/b29-17-. The molecule has 0 saturated heterocycles. The quantitative estimate of drug-likeness (QED) is 0.242. The third-order valence-electron chi connectivity index (χ3n) is 5.08. The highest BCUT2D eigenvalue weighted by atomic mass is 35.5. The SMILES string of the molecule is CCOc1cc(/C=N\NC(=O)CN(c2ccccc2OCC)S(C)(=O)=O)ccc1OCc1cccc(Cl)c1. The largest absolute Gasteiger partial charge is 0.492 e. The summed E-state index contributed by atoms with van der Waals surface area (Å²) in [6.45, 7) is 4.26. The molecule has 0 atom stereocenters. The van der Waals surface area contributed by atoms with Crippen molar-refractivity contribution in [3.63, 3.8) is 0 Å². The molecule has 0 unspecified atom stereocenters. The monoisotopic (exact) mass is 559 g/mol. The van der Waals surface area contributed by atoms with E-state index in [-0.39, 0.29) is 5.69 Å². The number of ether oxygens (including phenoxy) is 3. The molecular weight excluding hydrogens is 530 g/mol. The molecule has 0 heterocycles. The molecule has 0 saturated carbocycles. The molecule has 3 aromatic rings. The van der Waals surface area contributed by atoms with E-state index in [0.717, 1.165) is 16.1 Å². The van der Waals surface area contributed by atoms with Crippen LogP contribution in [0.4, 0.5) is 5.69 Å². The number of benzene rings is 3. The van der Waals surface area contributed by atoms with Crippen molar-refractivity contribution in [2.45, 2.75) is 20.5 Å². The molecule has 202 valence electrons. The highest BCUT2D eigenvalue weighted by Gasteiger charge is 2.23. The van der Waals surface area contributed by atoms with E-state index in [1.165, 1.54) is 6.21 Å². The summed E-state index contributed by atoms with van der Waals surface area (Å²) >= 11 is 6.04. The molecule has 0 aromatic heterocycles. The molecule has 0 spiro atoms. The molecule has 0 aliphatic carbocycles. The summed E-state index contributed by atoms with van der Waals surface area (Å²) < 4.78 is 43.0. The molecule has 3 aromatic carbocycles. The summed E-state index contributed by atoms with van der Waals surface area (Å²) in [4.78, 5) is 12.6. The Kier molecular flexibility index (Phi) is 10.4. The van der Waals surface area contributed by atoms with Crippen molar-refractivity contribution in [2.24, 2.45) is 5.10 Å². The van der Waals surface area contributed by atoms with Crippen LogP contribution in [0.1, 0.15) is 25.0 Å². The van der Waals surface area contributed by atoms with Crippen molar-refractivity contribution in [2.75, 3.05) is 30.3 Å². The number of carbonyl (C=O) groups excluding carboxylic acids is 1. The number of halogens is 1. The van der Waals surface area contributed by atoms with Gasteiger partial charge in [-0.25, -0.2) is 13.8 Å². The molecule has 11 heteroatoms. The second-order valence-electron chi connectivity index (χ2n) is 8.02. The first kappa shape index (κ1) is 28.8. The van der Waals surface area contributed by atoms with Crippen LogP contribution in [0.5, 0.6) is 17.2 Å². The van der Waals surface area contributed by atoms with E-state index < -0.39 is 22.5 Å². The summed E-state index contributed by atoms with van der Waals surface area (Å²) in [6.07, 6.45) is 2.46. The van der Waals surface area contributed by atoms with Gasteiger partial charge in [0, 0.05) is 5.02 Å². The Morgan fingerprint density at radius 3 is 2.39 bits per heavy atom. The molecule has 0 aliphatic heterocycles. The number of hydrazone groups is 1. The molecular formula is C27H30ClN3O6S. The molecule has 9 nitrogen and oxygen atoms in total. The second kappa shape index (κ2) is 13.7. The maximum Gasteiger partial charge on any atom is 0.260 e. The molecule has 0 bridgehead atoms. The fraction of sp³-hybridized carbons (Fsp3) is 0.259. The van der Waals surface area contributed by atoms with E-state index in [9.17, 15) is 13.2 Å². The van der Waals surface area contributed by atoms with Crippen LogP contribution in [0.25, 0.3) is 0 Å². The number of sulfonamides is 1. The highest BCUT2D eigenvalue weighted by molar-refractivity contribution is 7.92. The van der Waals surface area contributed by atoms with Crippen molar-refractivity contribution in [1.82, 2.24) is 5.43 Å². The lowest BCUT2D eigenvalue weighted by atomic mass is 10.2. The number of amides is 1. The lowest BCUT2D eigenvalue weighted by Gasteiger charge is -2.23. The van der Waals surface area contributed by atoms with Gasteiger partial charge < -0.3 is 14.2 Å². The number of para-hydroxylation sites is 2. The van der Waals surface area contributed by atoms with Gasteiger partial charge in [0.15, 0.2) is 11.5 Å². The van der Waals surface area contributed by atoms with Crippen LogP contribution in [-0.2, 0) is 21.4 Å². The van der Waals surface area contributed by atoms with Crippen LogP contribution in [0, 0.1) is 0 Å². The van der Waals surface area contributed by atoms with Crippen LogP contribution in [-0.4, -0.2) is 46.6 Å². The van der Waals surface area contributed by atoms with Crippen LogP contribution >= 0.6 is 11.6 Å². The summed E-state index contributed by atoms with van der Waals surface area (Å²) in [5, 5.41) is 4.60. The Morgan fingerprint density at radius 2 is 1.68 bits per heavy atom. The average molecular weight is 560 g/mol. The first-order chi connectivity index (χ1) is 18.2. The van der Waals surface area contributed by atoms with E-state index in [2.05, 4.69) is 10.5 Å². The Balaban J connectivity index is 1.68. The normalized spacial score (nSPS) is 11.3. The van der Waals surface area contributed by atoms with Crippen molar-refractivity contribution in [3.8, 4) is 17.2 Å². The zero-order chi connectivity index (χ0) is 27.5. The van der Waals surface area contributed by atoms with Gasteiger partial charge in [-0.3, -0.25) is 9.10 Å². The van der Waals surface area contributed by atoms with E-state index >= 15 is 0 Å². The number of carbonyl (C=O) groups is 1. The first-order valence-corrected chi connectivity index (χ1v) is 14.1. The zero-order valence-corrected chi connectivity index (χ0v) is 23.0. The number of nitrogens with one attached hydrogen (secondary N) is 1. The Labute approximate surface area is 228 Å². The summed E-state index contributed by atoms with van der Waals surface area (Å²) in [6, 6.07) is 19.2. The third kappa shape index (κ3) is 8.39. The van der Waals surface area contributed by atoms with Crippen molar-refractivity contribution in [1.29, 1.82) is 0 Å². The Morgan fingerprint density at radius 1 is 0.947 bits per heavy atom. The first-order valence-electron chi connectivity index (χ1n) is 11.9. The van der Waals surface area contributed by atoms with Crippen LogP contribution in [0.2, 0.25) is 5.02 Å². The van der Waals surface area contributed by atoms with Crippen molar-refractivity contribution < 1.29 is 27.4 Å². The van der Waals surface area contributed by atoms with E-state index in [1.54, 1.807) is 55.5 Å². The van der Waals surface area contributed by atoms with Gasteiger partial charge in [-0.2, -0.15) is 5.10 Å². The fourth-order valence-corrected chi connectivity index (χ4v) is 4.52. The van der Waals surface area contributed by atoms with E-state index in [1.807, 2.05) is 25.1 Å². The van der Waals surface area contributed by atoms with Gasteiger partial charge in [-0.1, -0.05) is 35.9 Å². The minimum Gasteiger partial charge on any atom is -0.492 e. The van der Waals surface area contributed by atoms with Crippen LogP contribution < -0.4 is 23.9 Å². The predicted octanol–water partition coefficient (Wildman–Crippen LogP) is 4.63. The number of anilines is 1. The number of nitrogens with zero attached hydrogens (tertiary/aromatic N) is 2. The second-order valence-corrected chi connectivity index (χ2v) is 10.4.